The van der Waals surface area contributed by atoms with Crippen LogP contribution >= 0.6 is 0 Å². The minimum absolute atomic E-state index is 0.155. The lowest BCUT2D eigenvalue weighted by Gasteiger charge is -2.36. The average Bonchev–Trinajstić information content (AvgIpc) is 3.12. The van der Waals surface area contributed by atoms with Crippen LogP contribution in [0.5, 0.6) is 0 Å². The van der Waals surface area contributed by atoms with Gasteiger partial charge in [0, 0.05) is 44.7 Å². The molecule has 10 heteroatoms. The van der Waals surface area contributed by atoms with E-state index < -0.39 is 17.7 Å². The SMILES string of the molecule is O=C1CCN(N2Cc3cc(CN4CCN(c5cccc(F)c5F)CC4)ccc3C2=O)C(=O)N1. The number of halogens is 2. The van der Waals surface area contributed by atoms with Crippen molar-refractivity contribution in [1.29, 1.82) is 0 Å². The highest BCUT2D eigenvalue weighted by atomic mass is 19.2. The van der Waals surface area contributed by atoms with Crippen molar-refractivity contribution in [2.75, 3.05) is 37.6 Å². The molecule has 3 aliphatic heterocycles. The van der Waals surface area contributed by atoms with Crippen molar-refractivity contribution in [1.82, 2.24) is 20.2 Å². The summed E-state index contributed by atoms with van der Waals surface area (Å²) in [7, 11) is 0. The lowest BCUT2D eigenvalue weighted by atomic mass is 10.1. The van der Waals surface area contributed by atoms with Crippen molar-refractivity contribution < 1.29 is 23.2 Å². The first-order valence-electron chi connectivity index (χ1n) is 10.9. The van der Waals surface area contributed by atoms with E-state index in [1.165, 1.54) is 16.1 Å². The van der Waals surface area contributed by atoms with E-state index in [0.717, 1.165) is 17.2 Å². The van der Waals surface area contributed by atoms with Gasteiger partial charge >= 0.3 is 6.03 Å². The summed E-state index contributed by atoms with van der Waals surface area (Å²) in [5, 5.41) is 4.90. The lowest BCUT2D eigenvalue weighted by molar-refractivity contribution is -0.123. The highest BCUT2D eigenvalue weighted by Gasteiger charge is 2.37. The largest absolute Gasteiger partial charge is 0.367 e. The zero-order chi connectivity index (χ0) is 23.1. The number of nitrogens with zero attached hydrogens (tertiary/aromatic N) is 4. The van der Waals surface area contributed by atoms with E-state index in [0.29, 0.717) is 38.3 Å². The maximum Gasteiger partial charge on any atom is 0.342 e. The van der Waals surface area contributed by atoms with Crippen molar-refractivity contribution in [3.05, 3.63) is 64.7 Å². The van der Waals surface area contributed by atoms with Gasteiger partial charge in [0.1, 0.15) is 0 Å². The summed E-state index contributed by atoms with van der Waals surface area (Å²) in [6, 6.07) is 9.29. The third kappa shape index (κ3) is 4.02. The van der Waals surface area contributed by atoms with Gasteiger partial charge in [-0.25, -0.2) is 23.6 Å². The molecule has 8 nitrogen and oxygen atoms in total. The Kier molecular flexibility index (Phi) is 5.45. The number of piperazine rings is 1. The van der Waals surface area contributed by atoms with Gasteiger partial charge in [-0.05, 0) is 29.3 Å². The fraction of sp³-hybridized carbons (Fsp3) is 0.348. The third-order valence-corrected chi connectivity index (χ3v) is 6.33. The maximum atomic E-state index is 14.1. The van der Waals surface area contributed by atoms with Crippen molar-refractivity contribution in [2.45, 2.75) is 19.5 Å². The summed E-state index contributed by atoms with van der Waals surface area (Å²) >= 11 is 0. The van der Waals surface area contributed by atoms with Gasteiger partial charge < -0.3 is 4.90 Å². The Balaban J connectivity index is 1.22. The summed E-state index contributed by atoms with van der Waals surface area (Å²) in [5.74, 6) is -2.26. The number of hydrogen-bond acceptors (Lipinski definition) is 5. The lowest BCUT2D eigenvalue weighted by Crippen LogP contribution is -2.56. The van der Waals surface area contributed by atoms with Gasteiger partial charge in [0.2, 0.25) is 5.91 Å². The molecule has 1 N–H and O–H groups in total. The van der Waals surface area contributed by atoms with Crippen molar-refractivity contribution in [3.8, 4) is 0 Å². The molecule has 0 atom stereocenters. The summed E-state index contributed by atoms with van der Waals surface area (Å²) in [5.41, 5.74) is 2.71. The van der Waals surface area contributed by atoms with Crippen LogP contribution < -0.4 is 10.2 Å². The Hall–Kier alpha value is -3.53. The number of rotatable bonds is 4. The number of carbonyl (C=O) groups excluding carboxylic acids is 3. The topological polar surface area (TPSA) is 76.2 Å². The molecule has 4 amide bonds. The summed E-state index contributed by atoms with van der Waals surface area (Å²) < 4.78 is 27.6. The number of nitrogens with one attached hydrogen (secondary N) is 1. The molecule has 0 bridgehead atoms. The quantitative estimate of drug-likeness (QED) is 0.764. The average molecular weight is 455 g/mol. The smallest absolute Gasteiger partial charge is 0.342 e. The molecule has 33 heavy (non-hydrogen) atoms. The molecule has 2 aromatic carbocycles. The van der Waals surface area contributed by atoms with Gasteiger partial charge in [0.05, 0.1) is 18.8 Å². The van der Waals surface area contributed by atoms with Gasteiger partial charge in [-0.2, -0.15) is 0 Å². The van der Waals surface area contributed by atoms with Crippen molar-refractivity contribution in [3.63, 3.8) is 0 Å². The molecule has 0 unspecified atom stereocenters. The molecule has 0 spiro atoms. The Labute approximate surface area is 189 Å². The minimum Gasteiger partial charge on any atom is -0.367 e. The number of benzene rings is 2. The summed E-state index contributed by atoms with van der Waals surface area (Å²) in [6.45, 7) is 3.67. The molecule has 0 saturated carbocycles. The second-order valence-electron chi connectivity index (χ2n) is 8.42. The highest BCUT2D eigenvalue weighted by molar-refractivity contribution is 6.01. The van der Waals surface area contributed by atoms with Crippen LogP contribution in [-0.4, -0.2) is 65.5 Å². The Morgan fingerprint density at radius 1 is 0.909 bits per heavy atom. The predicted octanol–water partition coefficient (Wildman–Crippen LogP) is 2.10. The molecule has 5 rings (SSSR count). The van der Waals surface area contributed by atoms with Crippen LogP contribution in [0.15, 0.2) is 36.4 Å². The first-order valence-corrected chi connectivity index (χ1v) is 10.9. The third-order valence-electron chi connectivity index (χ3n) is 6.33. The molecule has 3 aliphatic rings. The maximum absolute atomic E-state index is 14.1. The Morgan fingerprint density at radius 2 is 1.70 bits per heavy atom. The van der Waals surface area contributed by atoms with Gasteiger partial charge in [-0.1, -0.05) is 18.2 Å². The first kappa shape index (κ1) is 21.3. The summed E-state index contributed by atoms with van der Waals surface area (Å²) in [6.07, 6.45) is 0.155. The number of hydrogen-bond donors (Lipinski definition) is 1. The zero-order valence-electron chi connectivity index (χ0n) is 17.9. The summed E-state index contributed by atoms with van der Waals surface area (Å²) in [4.78, 5) is 40.4. The number of carbonyl (C=O) groups is 3. The molecule has 0 aliphatic carbocycles. The molecule has 3 heterocycles. The second kappa shape index (κ2) is 8.43. The van der Waals surface area contributed by atoms with Gasteiger partial charge in [0.25, 0.3) is 5.91 Å². The predicted molar refractivity (Wildman–Crippen MR) is 115 cm³/mol. The minimum atomic E-state index is -0.842. The van der Waals surface area contributed by atoms with Crippen molar-refractivity contribution >= 4 is 23.5 Å². The molecule has 0 aromatic heterocycles. The van der Waals surface area contributed by atoms with E-state index in [1.807, 2.05) is 17.0 Å². The van der Waals surface area contributed by atoms with Crippen LogP contribution in [0, 0.1) is 11.6 Å². The van der Waals surface area contributed by atoms with Gasteiger partial charge in [-0.3, -0.25) is 19.8 Å². The Bertz CT molecular complexity index is 1130. The van der Waals surface area contributed by atoms with E-state index in [4.69, 9.17) is 0 Å². The van der Waals surface area contributed by atoms with E-state index >= 15 is 0 Å². The van der Waals surface area contributed by atoms with Crippen LogP contribution in [0.3, 0.4) is 0 Å². The molecule has 172 valence electrons. The van der Waals surface area contributed by atoms with E-state index in [1.54, 1.807) is 12.1 Å². The first-order chi connectivity index (χ1) is 15.9. The fourth-order valence-electron chi connectivity index (χ4n) is 4.58. The second-order valence-corrected chi connectivity index (χ2v) is 8.42. The van der Waals surface area contributed by atoms with Gasteiger partial charge in [0.15, 0.2) is 11.6 Å². The van der Waals surface area contributed by atoms with E-state index in [9.17, 15) is 23.2 Å². The highest BCUT2D eigenvalue weighted by Crippen LogP contribution is 2.27. The Morgan fingerprint density at radius 3 is 2.45 bits per heavy atom. The fourth-order valence-corrected chi connectivity index (χ4v) is 4.58. The standard InChI is InChI=1S/C23H23F2N5O3/c24-18-2-1-3-19(21(18)25)28-10-8-27(9-11-28)13-15-4-5-17-16(12-15)14-30(22(17)32)29-7-6-20(31)26-23(29)33/h1-5,12H,6-11,13-14H2,(H,26,31,33). The normalized spacial score (nSPS) is 19.2. The number of imide groups is 1. The van der Waals surface area contributed by atoms with Crippen LogP contribution in [0.4, 0.5) is 19.3 Å². The number of hydrazine groups is 1. The number of urea groups is 1. The van der Waals surface area contributed by atoms with Gasteiger partial charge in [-0.15, -0.1) is 0 Å². The van der Waals surface area contributed by atoms with Crippen LogP contribution in [0.25, 0.3) is 0 Å². The number of amides is 4. The number of fused-ring (bicyclic) bond motifs is 1. The molecule has 0 radical (unpaired) electrons. The molecular weight excluding hydrogens is 432 g/mol. The molecular formula is C23H23F2N5O3. The number of anilines is 1. The molecule has 2 aromatic rings. The molecule has 2 fully saturated rings. The van der Waals surface area contributed by atoms with Crippen molar-refractivity contribution in [2.24, 2.45) is 0 Å². The monoisotopic (exact) mass is 455 g/mol. The molecule has 2 saturated heterocycles. The van der Waals surface area contributed by atoms with Crippen LogP contribution in [0.2, 0.25) is 0 Å². The van der Waals surface area contributed by atoms with Crippen LogP contribution in [-0.2, 0) is 17.9 Å². The van der Waals surface area contributed by atoms with Crippen LogP contribution in [0.1, 0.15) is 27.9 Å². The van der Waals surface area contributed by atoms with E-state index in [-0.39, 0.29) is 37.0 Å². The zero-order valence-corrected chi connectivity index (χ0v) is 17.9. The van der Waals surface area contributed by atoms with E-state index in [2.05, 4.69) is 10.2 Å².